The fraction of sp³-hybridized carbons (Fsp3) is 0.357. The lowest BCUT2D eigenvalue weighted by molar-refractivity contribution is -0.139. The Morgan fingerprint density at radius 2 is 2.29 bits per heavy atom. The van der Waals surface area contributed by atoms with Gasteiger partial charge in [-0.05, 0) is 19.8 Å². The van der Waals surface area contributed by atoms with Gasteiger partial charge in [0.15, 0.2) is 0 Å². The molecular weight excluding hydrogens is 288 g/mol. The first kappa shape index (κ1) is 15.6. The van der Waals surface area contributed by atoms with Crippen molar-refractivity contribution in [2.24, 2.45) is 5.84 Å². The quantitative estimate of drug-likeness (QED) is 0.412. The molecule has 4 N–H and O–H groups in total. The third-order valence-corrected chi connectivity index (χ3v) is 4.03. The van der Waals surface area contributed by atoms with Crippen LogP contribution in [0.3, 0.4) is 0 Å². The highest BCUT2D eigenvalue weighted by Gasteiger charge is 2.20. The Bertz CT molecular complexity index is 592. The first-order valence-electron chi connectivity index (χ1n) is 6.71. The van der Waals surface area contributed by atoms with Crippen molar-refractivity contribution in [2.45, 2.75) is 32.4 Å². The highest BCUT2D eigenvalue weighted by molar-refractivity contribution is 7.10. The molecule has 1 heterocycles. The summed E-state index contributed by atoms with van der Waals surface area (Å²) in [6.45, 7) is 1.76. The molecule has 0 aliphatic heterocycles. The highest BCUT2D eigenvalue weighted by atomic mass is 32.1. The molecule has 1 aliphatic rings. The zero-order chi connectivity index (χ0) is 15.2. The number of nitrogens with two attached hydrogens (primary N) is 1. The van der Waals surface area contributed by atoms with Crippen LogP contribution >= 0.6 is 11.3 Å². The summed E-state index contributed by atoms with van der Waals surface area (Å²) in [6.07, 6.45) is 8.42. The van der Waals surface area contributed by atoms with Crippen molar-refractivity contribution >= 4 is 28.6 Å². The molecule has 112 valence electrons. The smallest absolute Gasteiger partial charge is 0.289 e. The maximum absolute atomic E-state index is 11.6. The summed E-state index contributed by atoms with van der Waals surface area (Å²) in [4.78, 5) is 27.6. The average molecular weight is 306 g/mol. The molecule has 21 heavy (non-hydrogen) atoms. The first-order chi connectivity index (χ1) is 10.1. The lowest BCUT2D eigenvalue weighted by Gasteiger charge is -2.08. The van der Waals surface area contributed by atoms with Crippen LogP contribution < -0.4 is 16.6 Å². The van der Waals surface area contributed by atoms with Crippen LogP contribution in [0.1, 0.15) is 30.5 Å². The van der Waals surface area contributed by atoms with Crippen LogP contribution in [0.5, 0.6) is 0 Å². The number of carbonyl (C=O) groups is 2. The largest absolute Gasteiger partial charge is 0.344 e. The molecule has 0 fully saturated rings. The van der Waals surface area contributed by atoms with Crippen LogP contribution in [0.4, 0.5) is 0 Å². The molecule has 6 nitrogen and oxygen atoms in total. The summed E-state index contributed by atoms with van der Waals surface area (Å²) >= 11 is 1.53. The summed E-state index contributed by atoms with van der Waals surface area (Å²) < 4.78 is 0. The Balaban J connectivity index is 1.91. The number of hydrogen-bond donors (Lipinski definition) is 3. The van der Waals surface area contributed by atoms with Gasteiger partial charge in [-0.25, -0.2) is 10.4 Å². The van der Waals surface area contributed by atoms with E-state index in [0.29, 0.717) is 0 Å². The van der Waals surface area contributed by atoms with Gasteiger partial charge in [0.2, 0.25) is 5.78 Å². The zero-order valence-electron chi connectivity index (χ0n) is 11.8. The summed E-state index contributed by atoms with van der Waals surface area (Å²) in [5.41, 5.74) is 4.10. The number of rotatable bonds is 6. The molecule has 2 rings (SSSR count). The normalized spacial score (nSPS) is 15.4. The fourth-order valence-corrected chi connectivity index (χ4v) is 2.66. The molecule has 1 aromatic rings. The maximum Gasteiger partial charge on any atom is 0.289 e. The number of aromatic nitrogens is 1. The molecule has 0 spiro atoms. The number of nitrogens with zero attached hydrogens (tertiary/aromatic N) is 1. The molecule has 1 aromatic heterocycles. The van der Waals surface area contributed by atoms with Crippen LogP contribution in [0.15, 0.2) is 23.6 Å². The molecule has 0 saturated carbocycles. The number of Topliss-reactive ketones (excluding diaryl/α,β-unsaturated/α-hetero) is 1. The Kier molecular flexibility index (Phi) is 5.38. The van der Waals surface area contributed by atoms with E-state index in [4.69, 9.17) is 5.84 Å². The monoisotopic (exact) mass is 306 g/mol. The molecule has 1 atom stereocenters. The first-order valence-corrected chi connectivity index (χ1v) is 7.59. The highest BCUT2D eigenvalue weighted by Crippen LogP contribution is 2.24. The topological polar surface area (TPSA) is 97.1 Å². The van der Waals surface area contributed by atoms with E-state index in [2.05, 4.69) is 34.0 Å². The minimum Gasteiger partial charge on any atom is -0.344 e. The Hall–Kier alpha value is -1.83. The van der Waals surface area contributed by atoms with Crippen LogP contribution in [-0.4, -0.2) is 22.7 Å². The molecule has 1 unspecified atom stereocenters. The minimum atomic E-state index is -0.700. The van der Waals surface area contributed by atoms with Crippen molar-refractivity contribution in [3.8, 4) is 0 Å². The number of hydrogen-bond acceptors (Lipinski definition) is 6. The van der Waals surface area contributed by atoms with Gasteiger partial charge in [-0.1, -0.05) is 18.2 Å². The van der Waals surface area contributed by atoms with E-state index in [1.165, 1.54) is 18.3 Å². The Morgan fingerprint density at radius 1 is 1.48 bits per heavy atom. The van der Waals surface area contributed by atoms with Gasteiger partial charge in [0.1, 0.15) is 5.01 Å². The lowest BCUT2D eigenvalue weighted by atomic mass is 10.1. The van der Waals surface area contributed by atoms with E-state index in [1.54, 1.807) is 0 Å². The standard InChI is InChI=1S/C14H18N4O2S/c1-9(18-15)12(19)13(20)16-7-11-8-21-14(17-11)10-5-3-2-4-6-10/h3,5-6,8-9,18H,2,4,7,15H2,1H3,(H,16,20). The molecule has 7 heteroatoms. The molecular formula is C14H18N4O2S. The average Bonchev–Trinajstić information content (AvgIpc) is 3.01. The van der Waals surface area contributed by atoms with E-state index in [-0.39, 0.29) is 6.54 Å². The van der Waals surface area contributed by atoms with Crippen LogP contribution in [-0.2, 0) is 16.1 Å². The van der Waals surface area contributed by atoms with Crippen molar-refractivity contribution in [1.29, 1.82) is 0 Å². The lowest BCUT2D eigenvalue weighted by Crippen LogP contribution is -2.46. The van der Waals surface area contributed by atoms with Gasteiger partial charge in [-0.3, -0.25) is 15.4 Å². The molecule has 1 aliphatic carbocycles. The van der Waals surface area contributed by atoms with Crippen molar-refractivity contribution in [3.05, 3.63) is 34.3 Å². The number of nitrogens with one attached hydrogen (secondary N) is 2. The van der Waals surface area contributed by atoms with Crippen LogP contribution in [0, 0.1) is 0 Å². The van der Waals surface area contributed by atoms with Gasteiger partial charge in [-0.15, -0.1) is 11.3 Å². The third-order valence-electron chi connectivity index (χ3n) is 3.09. The van der Waals surface area contributed by atoms with E-state index in [9.17, 15) is 9.59 Å². The minimum absolute atomic E-state index is 0.232. The van der Waals surface area contributed by atoms with E-state index in [1.807, 2.05) is 5.38 Å². The molecule has 0 aromatic carbocycles. The summed E-state index contributed by atoms with van der Waals surface area (Å²) in [5, 5.41) is 5.36. The maximum atomic E-state index is 11.6. The SMILES string of the molecule is CC(NN)C(=O)C(=O)NCc1csc(C2=CCCC=C2)n1. The summed E-state index contributed by atoms with van der Waals surface area (Å²) in [5.74, 6) is 3.88. The number of ketones is 1. The van der Waals surface area contributed by atoms with Crippen molar-refractivity contribution < 1.29 is 9.59 Å². The number of amides is 1. The number of allylic oxidation sites excluding steroid dienone is 4. The number of thiazole rings is 1. The molecule has 1 amide bonds. The van der Waals surface area contributed by atoms with Gasteiger partial charge < -0.3 is 5.32 Å². The second kappa shape index (κ2) is 7.26. The second-order valence-electron chi connectivity index (χ2n) is 4.72. The van der Waals surface area contributed by atoms with Gasteiger partial charge in [-0.2, -0.15) is 0 Å². The number of carbonyl (C=O) groups excluding carboxylic acids is 2. The van der Waals surface area contributed by atoms with Crippen molar-refractivity contribution in [1.82, 2.24) is 15.7 Å². The van der Waals surface area contributed by atoms with Gasteiger partial charge in [0.25, 0.3) is 5.91 Å². The van der Waals surface area contributed by atoms with E-state index in [0.717, 1.165) is 29.1 Å². The number of hydrazine groups is 1. The van der Waals surface area contributed by atoms with Crippen molar-refractivity contribution in [3.63, 3.8) is 0 Å². The zero-order valence-corrected chi connectivity index (χ0v) is 12.6. The van der Waals surface area contributed by atoms with Gasteiger partial charge >= 0.3 is 0 Å². The van der Waals surface area contributed by atoms with E-state index < -0.39 is 17.7 Å². The van der Waals surface area contributed by atoms with E-state index >= 15 is 0 Å². The van der Waals surface area contributed by atoms with Crippen LogP contribution in [0.2, 0.25) is 0 Å². The fourth-order valence-electron chi connectivity index (χ4n) is 1.82. The Morgan fingerprint density at radius 3 is 2.95 bits per heavy atom. The second-order valence-corrected chi connectivity index (χ2v) is 5.58. The molecule has 0 bridgehead atoms. The predicted octanol–water partition coefficient (Wildman–Crippen LogP) is 0.914. The molecule has 0 saturated heterocycles. The van der Waals surface area contributed by atoms with Gasteiger partial charge in [0, 0.05) is 11.0 Å². The summed E-state index contributed by atoms with van der Waals surface area (Å²) in [6, 6.07) is -0.700. The van der Waals surface area contributed by atoms with Gasteiger partial charge in [0.05, 0.1) is 18.3 Å². The predicted molar refractivity (Wildman–Crippen MR) is 82.1 cm³/mol. The third kappa shape index (κ3) is 4.07. The molecule has 0 radical (unpaired) electrons. The van der Waals surface area contributed by atoms with Crippen LogP contribution in [0.25, 0.3) is 5.57 Å². The van der Waals surface area contributed by atoms with Crippen molar-refractivity contribution in [2.75, 3.05) is 0 Å². The Labute approximate surface area is 127 Å². The summed E-state index contributed by atoms with van der Waals surface area (Å²) in [7, 11) is 0.